The molecule has 0 aliphatic heterocycles. The van der Waals surface area contributed by atoms with Crippen LogP contribution in [0.25, 0.3) is 0 Å². The number of methoxy groups -OCH3 is 1. The molecular formula is C5H9NaO5S. The monoisotopic (exact) mass is 204 g/mol. The molecule has 1 saturated carbocycles. The van der Waals surface area contributed by atoms with Crippen LogP contribution in [0.5, 0.6) is 0 Å². The predicted molar refractivity (Wildman–Crippen MR) is 34.7 cm³/mol. The summed E-state index contributed by atoms with van der Waals surface area (Å²) >= 11 is 0. The van der Waals surface area contributed by atoms with Crippen molar-refractivity contribution in [1.29, 1.82) is 0 Å². The molecule has 7 heteroatoms. The van der Waals surface area contributed by atoms with Crippen molar-refractivity contribution in [3.8, 4) is 0 Å². The molecule has 0 spiro atoms. The van der Waals surface area contributed by atoms with Gasteiger partial charge in [-0.15, -0.1) is 0 Å². The molecule has 0 bridgehead atoms. The maximum atomic E-state index is 10.3. The third kappa shape index (κ3) is 2.20. The molecule has 0 heterocycles. The van der Waals surface area contributed by atoms with Crippen LogP contribution in [0.15, 0.2) is 0 Å². The maximum absolute atomic E-state index is 10.3. The number of aliphatic hydroxyl groups is 1. The van der Waals surface area contributed by atoms with Crippen molar-refractivity contribution in [3.05, 3.63) is 0 Å². The summed E-state index contributed by atoms with van der Waals surface area (Å²) in [5.74, 6) is 0. The fourth-order valence-electron chi connectivity index (χ4n) is 1.02. The molecule has 12 heavy (non-hydrogen) atoms. The number of ether oxygens (including phenoxy) is 1. The Bertz CT molecular complexity index is 243. The van der Waals surface area contributed by atoms with Crippen LogP contribution in [0.2, 0.25) is 0 Å². The fourth-order valence-corrected chi connectivity index (χ4v) is 1.80. The van der Waals surface area contributed by atoms with Crippen LogP contribution in [0.3, 0.4) is 0 Å². The topological polar surface area (TPSA) is 86.7 Å². The second-order valence-corrected chi connectivity index (χ2v) is 4.33. The van der Waals surface area contributed by atoms with E-state index in [2.05, 4.69) is 0 Å². The van der Waals surface area contributed by atoms with Crippen LogP contribution < -0.4 is 29.6 Å². The number of hydrogen-bond donors (Lipinski definition) is 1. The van der Waals surface area contributed by atoms with Gasteiger partial charge in [-0.1, -0.05) is 0 Å². The smallest absolute Gasteiger partial charge is 0.746 e. The molecule has 1 aliphatic rings. The average molecular weight is 204 g/mol. The first kappa shape index (κ1) is 12.8. The molecule has 0 amide bonds. The molecule has 0 aromatic heterocycles. The van der Waals surface area contributed by atoms with Gasteiger partial charge in [0, 0.05) is 20.0 Å². The molecular weight excluding hydrogens is 195 g/mol. The summed E-state index contributed by atoms with van der Waals surface area (Å²) in [5.41, 5.74) is 0. The van der Waals surface area contributed by atoms with Gasteiger partial charge in [0.05, 0.1) is 6.10 Å². The van der Waals surface area contributed by atoms with Crippen molar-refractivity contribution < 1.29 is 52.4 Å². The van der Waals surface area contributed by atoms with Crippen LogP contribution in [-0.2, 0) is 14.9 Å². The van der Waals surface area contributed by atoms with Gasteiger partial charge < -0.3 is 14.4 Å². The molecule has 0 aromatic carbocycles. The third-order valence-corrected chi connectivity index (χ3v) is 3.16. The largest absolute Gasteiger partial charge is 1.00 e. The molecule has 1 N–H and O–H groups in total. The van der Waals surface area contributed by atoms with Crippen molar-refractivity contribution in [1.82, 2.24) is 0 Å². The fraction of sp³-hybridized carbons (Fsp3) is 1.00. The summed E-state index contributed by atoms with van der Waals surface area (Å²) in [7, 11) is -3.18. The van der Waals surface area contributed by atoms with Crippen molar-refractivity contribution in [2.75, 3.05) is 7.11 Å². The summed E-state index contributed by atoms with van der Waals surface area (Å²) in [5, 5.41) is 9.07. The van der Waals surface area contributed by atoms with Gasteiger partial charge in [-0.05, 0) is 0 Å². The van der Waals surface area contributed by atoms with E-state index in [0.717, 1.165) is 0 Å². The van der Waals surface area contributed by atoms with E-state index in [0.29, 0.717) is 0 Å². The van der Waals surface area contributed by atoms with E-state index in [1.54, 1.807) is 0 Å². The Labute approximate surface area is 93.1 Å². The molecule has 1 rings (SSSR count). The van der Waals surface area contributed by atoms with Gasteiger partial charge in [0.15, 0.2) is 4.93 Å². The Hall–Kier alpha value is 0.830. The Kier molecular flexibility index (Phi) is 4.18. The van der Waals surface area contributed by atoms with Crippen LogP contribution in [-0.4, -0.2) is 36.2 Å². The minimum absolute atomic E-state index is 0. The molecule has 0 saturated heterocycles. The summed E-state index contributed by atoms with van der Waals surface area (Å²) in [6.07, 6.45) is -0.534. The zero-order valence-electron chi connectivity index (χ0n) is 6.98. The van der Waals surface area contributed by atoms with Gasteiger partial charge in [0.25, 0.3) is 0 Å². The first-order chi connectivity index (χ1) is 4.89. The van der Waals surface area contributed by atoms with Gasteiger partial charge in [-0.3, -0.25) is 0 Å². The molecule has 5 nitrogen and oxygen atoms in total. The van der Waals surface area contributed by atoms with Gasteiger partial charge >= 0.3 is 29.6 Å². The molecule has 0 unspecified atom stereocenters. The summed E-state index contributed by atoms with van der Waals surface area (Å²) in [4.78, 5) is -2.08. The minimum Gasteiger partial charge on any atom is -0.746 e. The third-order valence-electron chi connectivity index (χ3n) is 1.89. The maximum Gasteiger partial charge on any atom is 1.00 e. The standard InChI is InChI=1S/C5H10O5S.Na/c1-10-4-2-5(6,3-4)11(7,8)9;/h4,6H,2-3H2,1H3,(H,7,8,9);/q;+1/p-1. The predicted octanol–water partition coefficient (Wildman–Crippen LogP) is -3.97. The molecule has 0 aromatic rings. The van der Waals surface area contributed by atoms with Crippen LogP contribution in [0.1, 0.15) is 12.8 Å². The zero-order chi connectivity index (χ0) is 8.70. The van der Waals surface area contributed by atoms with E-state index in [1.165, 1.54) is 7.11 Å². The number of rotatable bonds is 2. The van der Waals surface area contributed by atoms with E-state index in [9.17, 15) is 13.0 Å². The first-order valence-electron chi connectivity index (χ1n) is 3.10. The van der Waals surface area contributed by atoms with Gasteiger partial charge in [-0.2, -0.15) is 0 Å². The van der Waals surface area contributed by atoms with Crippen molar-refractivity contribution >= 4 is 10.1 Å². The van der Waals surface area contributed by atoms with Crippen LogP contribution in [0, 0.1) is 0 Å². The SMILES string of the molecule is COC1CC(O)(S(=O)(=O)[O-])C1.[Na+]. The molecule has 0 atom stereocenters. The number of hydrogen-bond acceptors (Lipinski definition) is 5. The van der Waals surface area contributed by atoms with Gasteiger partial charge in [-0.25, -0.2) is 8.42 Å². The van der Waals surface area contributed by atoms with Crippen molar-refractivity contribution in [2.45, 2.75) is 23.9 Å². The average Bonchev–Trinajstić information content (AvgIpc) is 1.78. The normalized spacial score (nSPS) is 35.1. The minimum atomic E-state index is -4.58. The molecule has 1 fully saturated rings. The second-order valence-electron chi connectivity index (χ2n) is 2.67. The summed E-state index contributed by atoms with van der Waals surface area (Å²) in [6, 6.07) is 0. The molecule has 66 valence electrons. The Morgan fingerprint density at radius 1 is 1.58 bits per heavy atom. The zero-order valence-corrected chi connectivity index (χ0v) is 9.80. The van der Waals surface area contributed by atoms with Gasteiger partial charge in [0.2, 0.25) is 0 Å². The molecule has 0 radical (unpaired) electrons. The summed E-state index contributed by atoms with van der Waals surface area (Å²) < 4.78 is 35.7. The van der Waals surface area contributed by atoms with E-state index in [1.807, 2.05) is 0 Å². The van der Waals surface area contributed by atoms with Crippen LogP contribution >= 0.6 is 0 Å². The van der Waals surface area contributed by atoms with Crippen molar-refractivity contribution in [2.24, 2.45) is 0 Å². The Morgan fingerprint density at radius 3 is 2.25 bits per heavy atom. The Morgan fingerprint density at radius 2 is 2.00 bits per heavy atom. The Balaban J connectivity index is 0.00000121. The first-order valence-corrected chi connectivity index (χ1v) is 4.50. The van der Waals surface area contributed by atoms with E-state index < -0.39 is 15.1 Å². The second kappa shape index (κ2) is 3.91. The quantitative estimate of drug-likeness (QED) is 0.366. The van der Waals surface area contributed by atoms with E-state index in [-0.39, 0.29) is 48.5 Å². The van der Waals surface area contributed by atoms with Crippen molar-refractivity contribution in [3.63, 3.8) is 0 Å². The van der Waals surface area contributed by atoms with Crippen LogP contribution in [0.4, 0.5) is 0 Å². The van der Waals surface area contributed by atoms with Gasteiger partial charge in [0.1, 0.15) is 10.1 Å². The van der Waals surface area contributed by atoms with E-state index >= 15 is 0 Å². The molecule has 1 aliphatic carbocycles. The summed E-state index contributed by atoms with van der Waals surface area (Å²) in [6.45, 7) is 0. The van der Waals surface area contributed by atoms with E-state index in [4.69, 9.17) is 9.84 Å².